The molecule has 134 valence electrons. The van der Waals surface area contributed by atoms with Crippen LogP contribution in [-0.4, -0.2) is 21.8 Å². The number of carbonyl (C=O) groups is 1. The molecule has 0 saturated heterocycles. The monoisotopic (exact) mass is 377 g/mol. The van der Waals surface area contributed by atoms with Gasteiger partial charge in [0.2, 0.25) is 5.91 Å². The third kappa shape index (κ3) is 2.82. The number of rotatable bonds is 3. The third-order valence-corrected chi connectivity index (χ3v) is 5.83. The lowest BCUT2D eigenvalue weighted by atomic mass is 10.2. The molecule has 3 heterocycles. The number of amides is 1. The molecule has 5 rings (SSSR count). The Bertz CT molecular complexity index is 1150. The van der Waals surface area contributed by atoms with Crippen LogP contribution in [-0.2, 0) is 17.6 Å². The molecule has 0 saturated carbocycles. The van der Waals surface area contributed by atoms with E-state index in [4.69, 9.17) is 0 Å². The SMILES string of the molecule is O=C(Cc1csc2nc(-c3ccc(F)cc3)cn12)N1CCc2ccccc21. The van der Waals surface area contributed by atoms with Gasteiger partial charge in [-0.15, -0.1) is 11.3 Å². The zero-order valence-electron chi connectivity index (χ0n) is 14.4. The van der Waals surface area contributed by atoms with E-state index in [0.29, 0.717) is 6.42 Å². The molecule has 0 spiro atoms. The number of benzene rings is 2. The van der Waals surface area contributed by atoms with Gasteiger partial charge in [-0.3, -0.25) is 9.20 Å². The van der Waals surface area contributed by atoms with Gasteiger partial charge in [0.1, 0.15) is 5.82 Å². The van der Waals surface area contributed by atoms with Crippen molar-refractivity contribution in [1.82, 2.24) is 9.38 Å². The molecular formula is C21H16FN3OS. The minimum atomic E-state index is -0.267. The molecule has 0 atom stereocenters. The van der Waals surface area contributed by atoms with Gasteiger partial charge in [0.25, 0.3) is 0 Å². The van der Waals surface area contributed by atoms with E-state index in [1.807, 2.05) is 39.1 Å². The van der Waals surface area contributed by atoms with Gasteiger partial charge in [-0.1, -0.05) is 18.2 Å². The largest absolute Gasteiger partial charge is 0.311 e. The first-order chi connectivity index (χ1) is 13.2. The van der Waals surface area contributed by atoms with E-state index in [-0.39, 0.29) is 11.7 Å². The van der Waals surface area contributed by atoms with Crippen LogP contribution in [0.2, 0.25) is 0 Å². The molecule has 4 aromatic rings. The average molecular weight is 377 g/mol. The van der Waals surface area contributed by atoms with Gasteiger partial charge in [-0.2, -0.15) is 0 Å². The fourth-order valence-corrected chi connectivity index (χ4v) is 4.44. The molecule has 1 amide bonds. The molecule has 1 aliphatic rings. The summed E-state index contributed by atoms with van der Waals surface area (Å²) in [6.45, 7) is 0.732. The van der Waals surface area contributed by atoms with Gasteiger partial charge < -0.3 is 4.90 Å². The third-order valence-electron chi connectivity index (χ3n) is 4.94. The Morgan fingerprint density at radius 1 is 1.15 bits per heavy atom. The van der Waals surface area contributed by atoms with E-state index in [9.17, 15) is 9.18 Å². The number of hydrogen-bond acceptors (Lipinski definition) is 3. The normalized spacial score (nSPS) is 13.3. The van der Waals surface area contributed by atoms with Crippen LogP contribution >= 0.6 is 11.3 Å². The van der Waals surface area contributed by atoms with Crippen molar-refractivity contribution in [3.63, 3.8) is 0 Å². The molecule has 0 N–H and O–H groups in total. The number of imidazole rings is 1. The first-order valence-electron chi connectivity index (χ1n) is 8.79. The minimum absolute atomic E-state index is 0.0942. The molecule has 0 radical (unpaired) electrons. The molecular weight excluding hydrogens is 361 g/mol. The Morgan fingerprint density at radius 2 is 1.96 bits per heavy atom. The zero-order valence-corrected chi connectivity index (χ0v) is 15.2. The summed E-state index contributed by atoms with van der Waals surface area (Å²) in [5, 5.41) is 1.98. The van der Waals surface area contributed by atoms with Crippen molar-refractivity contribution in [2.45, 2.75) is 12.8 Å². The van der Waals surface area contributed by atoms with Crippen molar-refractivity contribution in [3.8, 4) is 11.3 Å². The number of carbonyl (C=O) groups excluding carboxylic acids is 1. The maximum atomic E-state index is 13.1. The summed E-state index contributed by atoms with van der Waals surface area (Å²) in [5.41, 5.74) is 4.81. The number of aromatic nitrogens is 2. The maximum Gasteiger partial charge on any atom is 0.232 e. The zero-order chi connectivity index (χ0) is 18.4. The number of para-hydroxylation sites is 1. The number of thiazole rings is 1. The molecule has 0 unspecified atom stereocenters. The lowest BCUT2D eigenvalue weighted by molar-refractivity contribution is -0.117. The van der Waals surface area contributed by atoms with Gasteiger partial charge in [0, 0.05) is 35.1 Å². The van der Waals surface area contributed by atoms with Gasteiger partial charge in [0.05, 0.1) is 12.1 Å². The molecule has 2 aromatic carbocycles. The maximum absolute atomic E-state index is 13.1. The Morgan fingerprint density at radius 3 is 2.81 bits per heavy atom. The van der Waals surface area contributed by atoms with Crippen LogP contribution in [0.25, 0.3) is 16.2 Å². The van der Waals surface area contributed by atoms with Gasteiger partial charge in [-0.05, 0) is 42.3 Å². The molecule has 1 aliphatic heterocycles. The summed E-state index contributed by atoms with van der Waals surface area (Å²) in [6.07, 6.45) is 3.15. The van der Waals surface area contributed by atoms with Crippen LogP contribution in [0, 0.1) is 5.82 Å². The fourth-order valence-electron chi connectivity index (χ4n) is 3.56. The second-order valence-electron chi connectivity index (χ2n) is 6.61. The van der Waals surface area contributed by atoms with Crippen LogP contribution in [0.4, 0.5) is 10.1 Å². The summed E-state index contributed by atoms with van der Waals surface area (Å²) in [6, 6.07) is 14.4. The van der Waals surface area contributed by atoms with Crippen LogP contribution in [0.3, 0.4) is 0 Å². The number of fused-ring (bicyclic) bond motifs is 2. The van der Waals surface area contributed by atoms with E-state index < -0.39 is 0 Å². The Balaban J connectivity index is 1.42. The summed E-state index contributed by atoms with van der Waals surface area (Å²) >= 11 is 1.51. The minimum Gasteiger partial charge on any atom is -0.311 e. The fraction of sp³-hybridized carbons (Fsp3) is 0.143. The smallest absolute Gasteiger partial charge is 0.232 e. The van der Waals surface area contributed by atoms with Gasteiger partial charge >= 0.3 is 0 Å². The number of nitrogens with zero attached hydrogens (tertiary/aromatic N) is 3. The van der Waals surface area contributed by atoms with E-state index in [0.717, 1.165) is 40.6 Å². The topological polar surface area (TPSA) is 37.6 Å². The first kappa shape index (κ1) is 16.2. The van der Waals surface area contributed by atoms with E-state index in [1.54, 1.807) is 12.1 Å². The Kier molecular flexibility index (Phi) is 3.79. The lowest BCUT2D eigenvalue weighted by Gasteiger charge is -2.17. The number of hydrogen-bond donors (Lipinski definition) is 0. The van der Waals surface area contributed by atoms with Gasteiger partial charge in [-0.25, -0.2) is 9.37 Å². The number of anilines is 1. The summed E-state index contributed by atoms with van der Waals surface area (Å²) < 4.78 is 15.1. The summed E-state index contributed by atoms with van der Waals surface area (Å²) in [7, 11) is 0. The average Bonchev–Trinajstić information content (AvgIpc) is 3.37. The molecule has 2 aromatic heterocycles. The van der Waals surface area contributed by atoms with Crippen molar-refractivity contribution >= 4 is 27.9 Å². The van der Waals surface area contributed by atoms with Crippen molar-refractivity contribution in [3.05, 3.63) is 77.2 Å². The molecule has 6 heteroatoms. The van der Waals surface area contributed by atoms with Crippen molar-refractivity contribution in [2.24, 2.45) is 0 Å². The lowest BCUT2D eigenvalue weighted by Crippen LogP contribution is -2.30. The van der Waals surface area contributed by atoms with Crippen molar-refractivity contribution < 1.29 is 9.18 Å². The molecule has 0 aliphatic carbocycles. The Labute approximate surface area is 159 Å². The van der Waals surface area contributed by atoms with Crippen LogP contribution in [0.1, 0.15) is 11.3 Å². The summed E-state index contributed by atoms with van der Waals surface area (Å²) in [4.78, 5) is 20.2. The van der Waals surface area contributed by atoms with Gasteiger partial charge in [0.15, 0.2) is 4.96 Å². The second kappa shape index (κ2) is 6.32. The van der Waals surface area contributed by atoms with Crippen molar-refractivity contribution in [1.29, 1.82) is 0 Å². The second-order valence-corrected chi connectivity index (χ2v) is 7.45. The standard InChI is InChI=1S/C21H16FN3OS/c22-16-7-5-14(6-8-16)18-12-25-17(13-27-21(25)23-18)11-20(26)24-10-9-15-3-1-2-4-19(15)24/h1-8,12-13H,9-11H2. The number of halogens is 1. The predicted octanol–water partition coefficient (Wildman–Crippen LogP) is 4.33. The quantitative estimate of drug-likeness (QED) is 0.533. The van der Waals surface area contributed by atoms with E-state index >= 15 is 0 Å². The van der Waals surface area contributed by atoms with Crippen LogP contribution in [0.15, 0.2) is 60.1 Å². The molecule has 0 bridgehead atoms. The van der Waals surface area contributed by atoms with E-state index in [1.165, 1.54) is 29.0 Å². The highest BCUT2D eigenvalue weighted by Crippen LogP contribution is 2.29. The van der Waals surface area contributed by atoms with Crippen molar-refractivity contribution in [2.75, 3.05) is 11.4 Å². The highest BCUT2D eigenvalue weighted by Gasteiger charge is 2.25. The molecule has 4 nitrogen and oxygen atoms in total. The molecule has 27 heavy (non-hydrogen) atoms. The molecule has 0 fully saturated rings. The van der Waals surface area contributed by atoms with Crippen LogP contribution < -0.4 is 4.90 Å². The van der Waals surface area contributed by atoms with E-state index in [2.05, 4.69) is 11.1 Å². The first-order valence-corrected chi connectivity index (χ1v) is 9.67. The highest BCUT2D eigenvalue weighted by atomic mass is 32.1. The Hall–Kier alpha value is -2.99. The van der Waals surface area contributed by atoms with Crippen LogP contribution in [0.5, 0.6) is 0 Å². The predicted molar refractivity (Wildman–Crippen MR) is 105 cm³/mol. The highest BCUT2D eigenvalue weighted by molar-refractivity contribution is 7.15. The summed E-state index contributed by atoms with van der Waals surface area (Å²) in [5.74, 6) is -0.173.